The van der Waals surface area contributed by atoms with Gasteiger partial charge in [0.2, 0.25) is 0 Å². The molecule has 2 aliphatic heterocycles. The number of carbonyl (C=O) groups is 1. The third-order valence-corrected chi connectivity index (χ3v) is 5.59. The van der Waals surface area contributed by atoms with E-state index in [1.54, 1.807) is 12.1 Å². The van der Waals surface area contributed by atoms with Crippen molar-refractivity contribution in [2.75, 3.05) is 26.3 Å². The van der Waals surface area contributed by atoms with Crippen molar-refractivity contribution in [1.82, 2.24) is 10.2 Å². The fraction of sp³-hybridized carbons (Fsp3) is 0.409. The summed E-state index contributed by atoms with van der Waals surface area (Å²) in [5.41, 5.74) is 1.57. The minimum absolute atomic E-state index is 0.113. The summed E-state index contributed by atoms with van der Waals surface area (Å²) >= 11 is 6.30. The number of amides is 1. The second-order valence-corrected chi connectivity index (χ2v) is 7.89. The number of ether oxygens (including phenoxy) is 2. The molecule has 2 aromatic rings. The van der Waals surface area contributed by atoms with Crippen LogP contribution in [0.5, 0.6) is 11.5 Å². The van der Waals surface area contributed by atoms with Crippen LogP contribution in [-0.2, 0) is 6.54 Å². The standard InChI is InChI=1S/C22H24ClFN2O3/c23-19-12-16(13-20-21(19)29-11-1-10-28-20)22(27)25-18-6-8-26(9-7-18)14-15-2-4-17(24)5-3-15/h2-5,12-13,18H,1,6-11,14H2,(H,25,27). The van der Waals surface area contributed by atoms with E-state index in [1.165, 1.54) is 12.1 Å². The summed E-state index contributed by atoms with van der Waals surface area (Å²) in [6.45, 7) is 3.64. The zero-order valence-corrected chi connectivity index (χ0v) is 16.9. The summed E-state index contributed by atoms with van der Waals surface area (Å²) in [5.74, 6) is 0.661. The number of carbonyl (C=O) groups excluding carboxylic acids is 1. The van der Waals surface area contributed by atoms with Gasteiger partial charge >= 0.3 is 0 Å². The highest BCUT2D eigenvalue weighted by Gasteiger charge is 2.23. The van der Waals surface area contributed by atoms with Gasteiger partial charge in [0.1, 0.15) is 5.82 Å². The van der Waals surface area contributed by atoms with Crippen molar-refractivity contribution in [2.45, 2.75) is 31.8 Å². The number of likely N-dealkylation sites (tertiary alicyclic amines) is 1. The Bertz CT molecular complexity index is 867. The highest BCUT2D eigenvalue weighted by Crippen LogP contribution is 2.38. The van der Waals surface area contributed by atoms with Crippen LogP contribution < -0.4 is 14.8 Å². The lowest BCUT2D eigenvalue weighted by Gasteiger charge is -2.32. The molecule has 7 heteroatoms. The fourth-order valence-electron chi connectivity index (χ4n) is 3.71. The van der Waals surface area contributed by atoms with Gasteiger partial charge in [0.25, 0.3) is 5.91 Å². The van der Waals surface area contributed by atoms with Crippen LogP contribution in [0.15, 0.2) is 36.4 Å². The quantitative estimate of drug-likeness (QED) is 0.814. The lowest BCUT2D eigenvalue weighted by atomic mass is 10.0. The van der Waals surface area contributed by atoms with E-state index in [0.29, 0.717) is 35.3 Å². The Morgan fingerprint density at radius 1 is 1.14 bits per heavy atom. The summed E-state index contributed by atoms with van der Waals surface area (Å²) in [6, 6.07) is 10.1. The van der Waals surface area contributed by atoms with E-state index in [9.17, 15) is 9.18 Å². The van der Waals surface area contributed by atoms with Crippen LogP contribution in [0.3, 0.4) is 0 Å². The van der Waals surface area contributed by atoms with E-state index in [1.807, 2.05) is 12.1 Å². The number of nitrogens with one attached hydrogen (secondary N) is 1. The van der Waals surface area contributed by atoms with Crippen molar-refractivity contribution in [3.63, 3.8) is 0 Å². The van der Waals surface area contributed by atoms with Gasteiger partial charge < -0.3 is 14.8 Å². The molecule has 0 unspecified atom stereocenters. The molecule has 4 rings (SSSR count). The molecular formula is C22H24ClFN2O3. The molecule has 2 aliphatic rings. The first-order chi connectivity index (χ1) is 14.1. The molecule has 1 fully saturated rings. The Balaban J connectivity index is 1.32. The highest BCUT2D eigenvalue weighted by atomic mass is 35.5. The molecule has 0 aliphatic carbocycles. The van der Waals surface area contributed by atoms with Gasteiger partial charge in [0, 0.05) is 37.7 Å². The van der Waals surface area contributed by atoms with E-state index in [0.717, 1.165) is 44.5 Å². The maximum Gasteiger partial charge on any atom is 0.251 e. The smallest absolute Gasteiger partial charge is 0.251 e. The van der Waals surface area contributed by atoms with Gasteiger partial charge in [-0.15, -0.1) is 0 Å². The Kier molecular flexibility index (Phi) is 6.21. The van der Waals surface area contributed by atoms with E-state index >= 15 is 0 Å². The first-order valence-electron chi connectivity index (χ1n) is 9.95. The van der Waals surface area contributed by atoms with E-state index < -0.39 is 0 Å². The molecule has 0 aromatic heterocycles. The van der Waals surface area contributed by atoms with Crippen molar-refractivity contribution in [3.05, 3.63) is 58.4 Å². The number of fused-ring (bicyclic) bond motifs is 1. The summed E-state index contributed by atoms with van der Waals surface area (Å²) in [4.78, 5) is 15.0. The van der Waals surface area contributed by atoms with E-state index in [4.69, 9.17) is 21.1 Å². The fourth-order valence-corrected chi connectivity index (χ4v) is 3.98. The van der Waals surface area contributed by atoms with Gasteiger partial charge in [-0.05, 0) is 42.7 Å². The van der Waals surface area contributed by atoms with Crippen LogP contribution in [0.25, 0.3) is 0 Å². The maximum atomic E-state index is 13.0. The first kappa shape index (κ1) is 20.0. The summed E-state index contributed by atoms with van der Waals surface area (Å²) < 4.78 is 24.3. The van der Waals surface area contributed by atoms with Crippen LogP contribution in [0.2, 0.25) is 5.02 Å². The molecular weight excluding hydrogens is 395 g/mol. The molecule has 1 N–H and O–H groups in total. The molecule has 0 bridgehead atoms. The third-order valence-electron chi connectivity index (χ3n) is 5.31. The number of benzene rings is 2. The Morgan fingerprint density at radius 2 is 1.86 bits per heavy atom. The van der Waals surface area contributed by atoms with Crippen LogP contribution in [-0.4, -0.2) is 43.2 Å². The second-order valence-electron chi connectivity index (χ2n) is 7.49. The number of nitrogens with zero attached hydrogens (tertiary/aromatic N) is 1. The van der Waals surface area contributed by atoms with Crippen molar-refractivity contribution < 1.29 is 18.7 Å². The summed E-state index contributed by atoms with van der Waals surface area (Å²) in [7, 11) is 0. The van der Waals surface area contributed by atoms with Crippen molar-refractivity contribution in [1.29, 1.82) is 0 Å². The minimum atomic E-state index is -0.218. The molecule has 0 atom stereocenters. The number of rotatable bonds is 4. The van der Waals surface area contributed by atoms with Crippen LogP contribution in [0, 0.1) is 5.82 Å². The van der Waals surface area contributed by atoms with Gasteiger partial charge in [-0.1, -0.05) is 23.7 Å². The monoisotopic (exact) mass is 418 g/mol. The number of halogens is 2. The second kappa shape index (κ2) is 9.01. The Hall–Kier alpha value is -2.31. The van der Waals surface area contributed by atoms with Crippen molar-refractivity contribution in [3.8, 4) is 11.5 Å². The number of hydrogen-bond donors (Lipinski definition) is 1. The lowest BCUT2D eigenvalue weighted by Crippen LogP contribution is -2.44. The molecule has 0 saturated carbocycles. The average Bonchev–Trinajstić information content (AvgIpc) is 2.97. The molecule has 2 aromatic carbocycles. The number of piperidine rings is 1. The van der Waals surface area contributed by atoms with Crippen LogP contribution in [0.4, 0.5) is 4.39 Å². The summed E-state index contributed by atoms with van der Waals surface area (Å²) in [6.07, 6.45) is 2.51. The molecule has 1 amide bonds. The highest BCUT2D eigenvalue weighted by molar-refractivity contribution is 6.32. The first-order valence-corrected chi connectivity index (χ1v) is 10.3. The predicted molar refractivity (Wildman–Crippen MR) is 109 cm³/mol. The van der Waals surface area contributed by atoms with Crippen LogP contribution >= 0.6 is 11.6 Å². The van der Waals surface area contributed by atoms with Gasteiger partial charge in [-0.3, -0.25) is 9.69 Å². The number of hydrogen-bond acceptors (Lipinski definition) is 4. The van der Waals surface area contributed by atoms with Crippen molar-refractivity contribution >= 4 is 17.5 Å². The normalized spacial score (nSPS) is 17.6. The van der Waals surface area contributed by atoms with E-state index in [2.05, 4.69) is 10.2 Å². The zero-order chi connectivity index (χ0) is 20.2. The summed E-state index contributed by atoms with van der Waals surface area (Å²) in [5, 5.41) is 3.50. The zero-order valence-electron chi connectivity index (χ0n) is 16.1. The SMILES string of the molecule is O=C(NC1CCN(Cc2ccc(F)cc2)CC1)c1cc(Cl)c2c(c1)OCCCO2. The molecule has 29 heavy (non-hydrogen) atoms. The van der Waals surface area contributed by atoms with Gasteiger partial charge in [0.15, 0.2) is 11.5 Å². The average molecular weight is 419 g/mol. The topological polar surface area (TPSA) is 50.8 Å². The molecule has 154 valence electrons. The Labute approximate surface area is 174 Å². The maximum absolute atomic E-state index is 13.0. The molecule has 5 nitrogen and oxygen atoms in total. The van der Waals surface area contributed by atoms with Gasteiger partial charge in [-0.25, -0.2) is 4.39 Å². The van der Waals surface area contributed by atoms with E-state index in [-0.39, 0.29) is 17.8 Å². The molecule has 0 radical (unpaired) electrons. The minimum Gasteiger partial charge on any atom is -0.489 e. The van der Waals surface area contributed by atoms with Crippen molar-refractivity contribution in [2.24, 2.45) is 0 Å². The third kappa shape index (κ3) is 5.00. The van der Waals surface area contributed by atoms with Gasteiger partial charge in [0.05, 0.1) is 18.2 Å². The van der Waals surface area contributed by atoms with Crippen LogP contribution in [0.1, 0.15) is 35.2 Å². The molecule has 1 saturated heterocycles. The molecule has 0 spiro atoms. The lowest BCUT2D eigenvalue weighted by molar-refractivity contribution is 0.0908. The predicted octanol–water partition coefficient (Wildman–Crippen LogP) is 4.03. The van der Waals surface area contributed by atoms with Gasteiger partial charge in [-0.2, -0.15) is 0 Å². The Morgan fingerprint density at radius 3 is 2.62 bits per heavy atom. The largest absolute Gasteiger partial charge is 0.489 e. The molecule has 2 heterocycles.